The monoisotopic (exact) mass is 281 g/mol. The number of nitrogens with one attached hydrogen (secondary N) is 1. The standard InChI is InChI=1S/C15H27N3O2/c1-10(11-4-3-5-12(16)8-11)15(20)17-13-6-7-14(19)18(2)9-13/h10-13H,3-9,16H2,1-2H3,(H,17,20). The lowest BCUT2D eigenvalue weighted by atomic mass is 9.78. The molecule has 2 fully saturated rings. The van der Waals surface area contributed by atoms with Gasteiger partial charge in [0.15, 0.2) is 0 Å². The van der Waals surface area contributed by atoms with Gasteiger partial charge in [-0.25, -0.2) is 0 Å². The van der Waals surface area contributed by atoms with E-state index in [0.29, 0.717) is 18.9 Å². The predicted molar refractivity (Wildman–Crippen MR) is 77.9 cm³/mol. The zero-order valence-electron chi connectivity index (χ0n) is 12.6. The smallest absolute Gasteiger partial charge is 0.223 e. The number of rotatable bonds is 3. The zero-order valence-corrected chi connectivity index (χ0v) is 12.6. The summed E-state index contributed by atoms with van der Waals surface area (Å²) < 4.78 is 0. The normalized spacial score (nSPS) is 32.9. The van der Waals surface area contributed by atoms with E-state index in [9.17, 15) is 9.59 Å². The summed E-state index contributed by atoms with van der Waals surface area (Å²) in [6.45, 7) is 2.64. The zero-order chi connectivity index (χ0) is 14.7. The van der Waals surface area contributed by atoms with Crippen molar-refractivity contribution in [1.29, 1.82) is 0 Å². The molecule has 1 aliphatic heterocycles. The van der Waals surface area contributed by atoms with Crippen molar-refractivity contribution in [2.24, 2.45) is 17.6 Å². The molecule has 2 amide bonds. The second-order valence-corrected chi connectivity index (χ2v) is 6.49. The first kappa shape index (κ1) is 15.3. The Labute approximate surface area is 121 Å². The number of hydrogen-bond acceptors (Lipinski definition) is 3. The molecular weight excluding hydrogens is 254 g/mol. The van der Waals surface area contributed by atoms with E-state index in [4.69, 9.17) is 5.73 Å². The number of nitrogens with zero attached hydrogens (tertiary/aromatic N) is 1. The van der Waals surface area contributed by atoms with Crippen LogP contribution in [0.4, 0.5) is 0 Å². The molecule has 1 saturated carbocycles. The van der Waals surface area contributed by atoms with E-state index in [0.717, 1.165) is 32.1 Å². The Kier molecular flexibility index (Phi) is 5.02. The molecular formula is C15H27N3O2. The van der Waals surface area contributed by atoms with Crippen LogP contribution in [0, 0.1) is 11.8 Å². The molecule has 0 aromatic carbocycles. The third kappa shape index (κ3) is 3.72. The van der Waals surface area contributed by atoms with E-state index in [1.807, 2.05) is 6.92 Å². The summed E-state index contributed by atoms with van der Waals surface area (Å²) in [5, 5.41) is 3.11. The van der Waals surface area contributed by atoms with Crippen LogP contribution in [0.3, 0.4) is 0 Å². The Bertz CT molecular complexity index is 372. The molecule has 4 atom stereocenters. The van der Waals surface area contributed by atoms with Crippen molar-refractivity contribution in [3.8, 4) is 0 Å². The average molecular weight is 281 g/mol. The number of hydrogen-bond donors (Lipinski definition) is 2. The molecule has 0 bridgehead atoms. The summed E-state index contributed by atoms with van der Waals surface area (Å²) in [6.07, 6.45) is 5.56. The van der Waals surface area contributed by atoms with Gasteiger partial charge in [-0.05, 0) is 31.6 Å². The van der Waals surface area contributed by atoms with Crippen LogP contribution in [0.15, 0.2) is 0 Å². The van der Waals surface area contributed by atoms with Gasteiger partial charge in [0.2, 0.25) is 11.8 Å². The minimum absolute atomic E-state index is 0.0179. The SMILES string of the molecule is CC(C(=O)NC1CCC(=O)N(C)C1)C1CCCC(N)C1. The molecule has 5 heteroatoms. The number of piperidine rings is 1. The van der Waals surface area contributed by atoms with Crippen LogP contribution in [0.25, 0.3) is 0 Å². The van der Waals surface area contributed by atoms with Crippen molar-refractivity contribution in [1.82, 2.24) is 10.2 Å². The molecule has 1 aliphatic carbocycles. The fraction of sp³-hybridized carbons (Fsp3) is 0.867. The number of carbonyl (C=O) groups is 2. The topological polar surface area (TPSA) is 75.4 Å². The van der Waals surface area contributed by atoms with Gasteiger partial charge in [-0.1, -0.05) is 13.3 Å². The highest BCUT2D eigenvalue weighted by Gasteiger charge is 2.31. The summed E-state index contributed by atoms with van der Waals surface area (Å²) >= 11 is 0. The maximum Gasteiger partial charge on any atom is 0.223 e. The van der Waals surface area contributed by atoms with Crippen LogP contribution in [0.5, 0.6) is 0 Å². The molecule has 5 nitrogen and oxygen atoms in total. The summed E-state index contributed by atoms with van der Waals surface area (Å²) in [6, 6.07) is 0.354. The van der Waals surface area contributed by atoms with Gasteiger partial charge in [0.1, 0.15) is 0 Å². The average Bonchev–Trinajstić information content (AvgIpc) is 2.42. The van der Waals surface area contributed by atoms with Crippen molar-refractivity contribution in [3.63, 3.8) is 0 Å². The third-order valence-corrected chi connectivity index (χ3v) is 4.85. The van der Waals surface area contributed by atoms with Crippen LogP contribution >= 0.6 is 0 Å². The summed E-state index contributed by atoms with van der Waals surface area (Å²) in [5.74, 6) is 0.713. The van der Waals surface area contributed by atoms with Gasteiger partial charge in [-0.15, -0.1) is 0 Å². The molecule has 20 heavy (non-hydrogen) atoms. The molecule has 0 aromatic heterocycles. The number of amides is 2. The molecule has 114 valence electrons. The Morgan fingerprint density at radius 1 is 1.40 bits per heavy atom. The molecule has 0 aromatic rings. The molecule has 0 spiro atoms. The van der Waals surface area contributed by atoms with E-state index in [1.54, 1.807) is 11.9 Å². The first-order valence-electron chi connectivity index (χ1n) is 7.77. The fourth-order valence-corrected chi connectivity index (χ4v) is 3.40. The molecule has 3 N–H and O–H groups in total. The van der Waals surface area contributed by atoms with E-state index in [1.165, 1.54) is 0 Å². The molecule has 4 unspecified atom stereocenters. The van der Waals surface area contributed by atoms with Crippen molar-refractivity contribution in [3.05, 3.63) is 0 Å². The minimum Gasteiger partial charge on any atom is -0.351 e. The van der Waals surface area contributed by atoms with Gasteiger partial charge in [0.25, 0.3) is 0 Å². The maximum absolute atomic E-state index is 12.4. The summed E-state index contributed by atoms with van der Waals surface area (Å²) in [5.41, 5.74) is 6.00. The van der Waals surface area contributed by atoms with Crippen LogP contribution in [0.2, 0.25) is 0 Å². The van der Waals surface area contributed by atoms with Crippen molar-refractivity contribution in [2.45, 2.75) is 57.5 Å². The van der Waals surface area contributed by atoms with Crippen LogP contribution in [0.1, 0.15) is 45.4 Å². The number of likely N-dealkylation sites (N-methyl/N-ethyl adjacent to an activating group) is 1. The van der Waals surface area contributed by atoms with E-state index in [-0.39, 0.29) is 29.8 Å². The Morgan fingerprint density at radius 2 is 2.15 bits per heavy atom. The van der Waals surface area contributed by atoms with Gasteiger partial charge >= 0.3 is 0 Å². The third-order valence-electron chi connectivity index (χ3n) is 4.85. The highest BCUT2D eigenvalue weighted by molar-refractivity contribution is 5.80. The van der Waals surface area contributed by atoms with Crippen LogP contribution < -0.4 is 11.1 Å². The van der Waals surface area contributed by atoms with Crippen molar-refractivity contribution in [2.75, 3.05) is 13.6 Å². The van der Waals surface area contributed by atoms with Gasteiger partial charge in [-0.3, -0.25) is 9.59 Å². The van der Waals surface area contributed by atoms with Crippen molar-refractivity contribution >= 4 is 11.8 Å². The van der Waals surface area contributed by atoms with Gasteiger partial charge in [0, 0.05) is 38.0 Å². The molecule has 1 heterocycles. The van der Waals surface area contributed by atoms with Crippen LogP contribution in [-0.2, 0) is 9.59 Å². The van der Waals surface area contributed by atoms with Gasteiger partial charge in [0.05, 0.1) is 0 Å². The molecule has 1 saturated heterocycles. The van der Waals surface area contributed by atoms with Gasteiger partial charge < -0.3 is 16.0 Å². The van der Waals surface area contributed by atoms with Crippen molar-refractivity contribution < 1.29 is 9.59 Å². The van der Waals surface area contributed by atoms with Crippen LogP contribution in [-0.4, -0.2) is 42.4 Å². The van der Waals surface area contributed by atoms with E-state index < -0.39 is 0 Å². The lowest BCUT2D eigenvalue weighted by Gasteiger charge is -2.34. The molecule has 2 aliphatic rings. The highest BCUT2D eigenvalue weighted by atomic mass is 16.2. The summed E-state index contributed by atoms with van der Waals surface area (Å²) in [4.78, 5) is 25.5. The minimum atomic E-state index is 0.0179. The largest absolute Gasteiger partial charge is 0.351 e. The fourth-order valence-electron chi connectivity index (χ4n) is 3.40. The second-order valence-electron chi connectivity index (χ2n) is 6.49. The highest BCUT2D eigenvalue weighted by Crippen LogP contribution is 2.29. The van der Waals surface area contributed by atoms with E-state index >= 15 is 0 Å². The number of likely N-dealkylation sites (tertiary alicyclic amines) is 1. The first-order valence-corrected chi connectivity index (χ1v) is 7.77. The number of carbonyl (C=O) groups excluding carboxylic acids is 2. The second kappa shape index (κ2) is 6.57. The Morgan fingerprint density at radius 3 is 2.80 bits per heavy atom. The number of nitrogens with two attached hydrogens (primary N) is 1. The maximum atomic E-state index is 12.4. The lowest BCUT2D eigenvalue weighted by Crippen LogP contribution is -2.50. The summed E-state index contributed by atoms with van der Waals surface area (Å²) in [7, 11) is 1.80. The Hall–Kier alpha value is -1.10. The molecule has 0 radical (unpaired) electrons. The molecule has 2 rings (SSSR count). The quantitative estimate of drug-likeness (QED) is 0.806. The van der Waals surface area contributed by atoms with E-state index in [2.05, 4.69) is 5.32 Å². The predicted octanol–water partition coefficient (Wildman–Crippen LogP) is 0.877. The first-order chi connectivity index (χ1) is 9.47. The van der Waals surface area contributed by atoms with Gasteiger partial charge in [-0.2, -0.15) is 0 Å². The Balaban J connectivity index is 1.83. The lowest BCUT2D eigenvalue weighted by molar-refractivity contribution is -0.135.